The Kier molecular flexibility index (Phi) is 3.63. The Morgan fingerprint density at radius 1 is 1.32 bits per heavy atom. The molecular weight excluding hydrogens is 296 g/mol. The lowest BCUT2D eigenvalue weighted by atomic mass is 10.2. The molecule has 5 nitrogen and oxygen atoms in total. The van der Waals surface area contributed by atoms with Gasteiger partial charge in [0.1, 0.15) is 5.01 Å². The van der Waals surface area contributed by atoms with Crippen LogP contribution < -0.4 is 0 Å². The van der Waals surface area contributed by atoms with Crippen LogP contribution in [-0.2, 0) is 13.0 Å². The van der Waals surface area contributed by atoms with Crippen LogP contribution in [0.1, 0.15) is 42.5 Å². The third-order valence-corrected chi connectivity index (χ3v) is 5.15. The zero-order valence-corrected chi connectivity index (χ0v) is 13.3. The van der Waals surface area contributed by atoms with Gasteiger partial charge >= 0.3 is 0 Å². The first kappa shape index (κ1) is 13.8. The summed E-state index contributed by atoms with van der Waals surface area (Å²) in [6, 6.07) is 8.56. The van der Waals surface area contributed by atoms with Crippen molar-refractivity contribution >= 4 is 21.6 Å². The number of rotatable bonds is 4. The first-order valence-corrected chi connectivity index (χ1v) is 8.56. The molecule has 0 amide bonds. The van der Waals surface area contributed by atoms with Crippen LogP contribution in [0.4, 0.5) is 0 Å². The average Bonchev–Trinajstić information content (AvgIpc) is 3.25. The largest absolute Gasteiger partial charge is 0.339 e. The van der Waals surface area contributed by atoms with Gasteiger partial charge < -0.3 is 4.52 Å². The number of para-hydroxylation sites is 1. The van der Waals surface area contributed by atoms with E-state index in [1.165, 1.54) is 11.1 Å². The monoisotopic (exact) mass is 314 g/mol. The molecule has 1 aliphatic heterocycles. The minimum Gasteiger partial charge on any atom is -0.339 e. The van der Waals surface area contributed by atoms with Gasteiger partial charge in [-0.15, -0.1) is 11.3 Å². The van der Waals surface area contributed by atoms with Crippen molar-refractivity contribution in [1.82, 2.24) is 20.0 Å². The Morgan fingerprint density at radius 2 is 2.23 bits per heavy atom. The molecule has 0 N–H and O–H groups in total. The Bertz CT molecular complexity index is 748. The summed E-state index contributed by atoms with van der Waals surface area (Å²) in [5.41, 5.74) is 1.09. The Morgan fingerprint density at radius 3 is 3.05 bits per heavy atom. The molecule has 1 saturated heterocycles. The van der Waals surface area contributed by atoms with Crippen molar-refractivity contribution in [3.63, 3.8) is 0 Å². The van der Waals surface area contributed by atoms with Gasteiger partial charge in [-0.2, -0.15) is 4.98 Å². The van der Waals surface area contributed by atoms with Gasteiger partial charge in [0.15, 0.2) is 5.82 Å². The van der Waals surface area contributed by atoms with E-state index in [4.69, 9.17) is 9.51 Å². The number of hydrogen-bond acceptors (Lipinski definition) is 6. The van der Waals surface area contributed by atoms with Crippen molar-refractivity contribution in [3.8, 4) is 0 Å². The van der Waals surface area contributed by atoms with Gasteiger partial charge in [-0.25, -0.2) is 4.98 Å². The maximum absolute atomic E-state index is 5.27. The molecule has 3 heterocycles. The van der Waals surface area contributed by atoms with Gasteiger partial charge in [-0.3, -0.25) is 4.90 Å². The molecular formula is C16H18N4OS. The Labute approximate surface area is 133 Å². The third-order valence-electron chi connectivity index (χ3n) is 4.12. The van der Waals surface area contributed by atoms with Gasteiger partial charge in [0.05, 0.1) is 22.8 Å². The fourth-order valence-corrected chi connectivity index (χ4v) is 4.01. The first-order chi connectivity index (χ1) is 10.8. The van der Waals surface area contributed by atoms with Gasteiger partial charge in [-0.1, -0.05) is 24.2 Å². The molecule has 0 spiro atoms. The van der Waals surface area contributed by atoms with E-state index in [0.29, 0.717) is 0 Å². The second-order valence-corrected chi connectivity index (χ2v) is 6.72. The predicted octanol–water partition coefficient (Wildman–Crippen LogP) is 3.58. The molecule has 0 unspecified atom stereocenters. The summed E-state index contributed by atoms with van der Waals surface area (Å²) in [6.45, 7) is 3.96. The summed E-state index contributed by atoms with van der Waals surface area (Å²) in [7, 11) is 0. The predicted molar refractivity (Wildman–Crippen MR) is 85.7 cm³/mol. The number of likely N-dealkylation sites (tertiary alicyclic amines) is 1. The van der Waals surface area contributed by atoms with Crippen molar-refractivity contribution in [3.05, 3.63) is 41.0 Å². The van der Waals surface area contributed by atoms with Gasteiger partial charge in [0, 0.05) is 6.42 Å². The lowest BCUT2D eigenvalue weighted by Crippen LogP contribution is -2.23. The van der Waals surface area contributed by atoms with Crippen LogP contribution in [0.15, 0.2) is 28.8 Å². The number of hydrogen-bond donors (Lipinski definition) is 0. The minimum absolute atomic E-state index is 0.260. The summed E-state index contributed by atoms with van der Waals surface area (Å²) in [5, 5.41) is 5.32. The van der Waals surface area contributed by atoms with E-state index in [0.717, 1.165) is 48.2 Å². The second-order valence-electron chi connectivity index (χ2n) is 5.60. The van der Waals surface area contributed by atoms with E-state index in [1.54, 1.807) is 11.3 Å². The van der Waals surface area contributed by atoms with E-state index < -0.39 is 0 Å². The molecule has 4 rings (SSSR count). The van der Waals surface area contributed by atoms with E-state index in [2.05, 4.69) is 33.2 Å². The van der Waals surface area contributed by atoms with E-state index in [-0.39, 0.29) is 6.04 Å². The van der Waals surface area contributed by atoms with Crippen LogP contribution in [0, 0.1) is 0 Å². The van der Waals surface area contributed by atoms with Gasteiger partial charge in [0.2, 0.25) is 5.89 Å². The lowest BCUT2D eigenvalue weighted by Gasteiger charge is -2.20. The summed E-state index contributed by atoms with van der Waals surface area (Å²) >= 11 is 1.77. The molecule has 114 valence electrons. The number of thiazole rings is 1. The fourth-order valence-electron chi connectivity index (χ4n) is 3.02. The van der Waals surface area contributed by atoms with E-state index in [1.807, 2.05) is 13.0 Å². The topological polar surface area (TPSA) is 55.1 Å². The van der Waals surface area contributed by atoms with Gasteiger partial charge in [0.25, 0.3) is 0 Å². The summed E-state index contributed by atoms with van der Waals surface area (Å²) in [4.78, 5) is 11.7. The standard InChI is InChI=1S/C16H18N4OS/c1-2-14-18-16(19-21-14)12-7-5-9-20(12)10-15-17-11-6-3-4-8-13(11)22-15/h3-4,6,8,12H,2,5,7,9-10H2,1H3/t12-/m1/s1. The Balaban J connectivity index is 1.55. The van der Waals surface area contributed by atoms with Crippen LogP contribution in [0.5, 0.6) is 0 Å². The number of aromatic nitrogens is 3. The molecule has 1 atom stereocenters. The van der Waals surface area contributed by atoms with Crippen molar-refractivity contribution in [2.45, 2.75) is 38.8 Å². The maximum Gasteiger partial charge on any atom is 0.226 e. The molecule has 3 aromatic rings. The smallest absolute Gasteiger partial charge is 0.226 e. The highest BCUT2D eigenvalue weighted by Gasteiger charge is 2.30. The molecule has 22 heavy (non-hydrogen) atoms. The van der Waals surface area contributed by atoms with Crippen LogP contribution in [0.25, 0.3) is 10.2 Å². The van der Waals surface area contributed by atoms with Gasteiger partial charge in [-0.05, 0) is 31.5 Å². The zero-order valence-electron chi connectivity index (χ0n) is 12.5. The minimum atomic E-state index is 0.260. The normalized spacial score (nSPS) is 19.2. The molecule has 1 fully saturated rings. The Hall–Kier alpha value is -1.79. The van der Waals surface area contributed by atoms with Crippen molar-refractivity contribution in [2.75, 3.05) is 6.54 Å². The summed E-state index contributed by atoms with van der Waals surface area (Å²) in [6.07, 6.45) is 3.05. The van der Waals surface area contributed by atoms with E-state index >= 15 is 0 Å². The molecule has 0 bridgehead atoms. The maximum atomic E-state index is 5.27. The SMILES string of the molecule is CCc1nc([C@H]2CCCN2Cc2nc3ccccc3s2)no1. The number of fused-ring (bicyclic) bond motifs is 1. The van der Waals surface area contributed by atoms with Crippen LogP contribution in [-0.4, -0.2) is 26.6 Å². The van der Waals surface area contributed by atoms with Crippen LogP contribution >= 0.6 is 11.3 Å². The highest BCUT2D eigenvalue weighted by atomic mass is 32.1. The molecule has 2 aromatic heterocycles. The summed E-state index contributed by atoms with van der Waals surface area (Å²) < 4.78 is 6.52. The molecule has 0 aliphatic carbocycles. The van der Waals surface area contributed by atoms with Crippen LogP contribution in [0.3, 0.4) is 0 Å². The fraction of sp³-hybridized carbons (Fsp3) is 0.438. The molecule has 6 heteroatoms. The third kappa shape index (κ3) is 2.53. The van der Waals surface area contributed by atoms with Crippen molar-refractivity contribution < 1.29 is 4.52 Å². The van der Waals surface area contributed by atoms with Crippen molar-refractivity contribution in [2.24, 2.45) is 0 Å². The molecule has 0 radical (unpaired) electrons. The number of nitrogens with zero attached hydrogens (tertiary/aromatic N) is 4. The summed E-state index contributed by atoms with van der Waals surface area (Å²) in [5.74, 6) is 1.55. The van der Waals surface area contributed by atoms with Crippen LogP contribution in [0.2, 0.25) is 0 Å². The van der Waals surface area contributed by atoms with E-state index in [9.17, 15) is 0 Å². The first-order valence-electron chi connectivity index (χ1n) is 7.74. The lowest BCUT2D eigenvalue weighted by molar-refractivity contribution is 0.234. The second kappa shape index (κ2) is 5.78. The molecule has 0 saturated carbocycles. The zero-order chi connectivity index (χ0) is 14.9. The number of benzene rings is 1. The van der Waals surface area contributed by atoms with Crippen molar-refractivity contribution in [1.29, 1.82) is 0 Å². The average molecular weight is 314 g/mol. The quantitative estimate of drug-likeness (QED) is 0.737. The molecule has 1 aromatic carbocycles. The highest BCUT2D eigenvalue weighted by Crippen LogP contribution is 2.33. The highest BCUT2D eigenvalue weighted by molar-refractivity contribution is 7.18. The number of aryl methyl sites for hydroxylation is 1. The molecule has 1 aliphatic rings.